The van der Waals surface area contributed by atoms with Gasteiger partial charge in [-0.1, -0.05) is 19.9 Å². The molecule has 0 atom stereocenters. The quantitative estimate of drug-likeness (QED) is 0.767. The van der Waals surface area contributed by atoms with E-state index in [1.807, 2.05) is 24.5 Å². The first-order valence-corrected chi connectivity index (χ1v) is 7.11. The molecule has 2 heterocycles. The Labute approximate surface area is 119 Å². The molecule has 0 amide bonds. The molecule has 102 valence electrons. The molecule has 0 bridgehead atoms. The lowest BCUT2D eigenvalue weighted by Gasteiger charge is -2.00. The normalized spacial score (nSPS) is 11.3. The number of H-pyrrole nitrogens is 1. The van der Waals surface area contributed by atoms with Gasteiger partial charge in [0.25, 0.3) is 0 Å². The van der Waals surface area contributed by atoms with Gasteiger partial charge in [-0.2, -0.15) is 0 Å². The summed E-state index contributed by atoms with van der Waals surface area (Å²) in [6, 6.07) is 10.4. The Morgan fingerprint density at radius 1 is 1.05 bits per heavy atom. The molecule has 3 nitrogen and oxygen atoms in total. The highest BCUT2D eigenvalue weighted by molar-refractivity contribution is 5.81. The second-order valence-electron chi connectivity index (χ2n) is 5.58. The van der Waals surface area contributed by atoms with Crippen LogP contribution in [0.5, 0.6) is 0 Å². The number of hydrogen-bond acceptors (Lipinski definition) is 2. The predicted octanol–water partition coefficient (Wildman–Crippen LogP) is 4.21. The van der Waals surface area contributed by atoms with Crippen LogP contribution < -0.4 is 0 Å². The third kappa shape index (κ3) is 2.72. The van der Waals surface area contributed by atoms with Gasteiger partial charge in [0.05, 0.1) is 11.0 Å². The van der Waals surface area contributed by atoms with Crippen LogP contribution in [0.3, 0.4) is 0 Å². The van der Waals surface area contributed by atoms with Gasteiger partial charge in [0, 0.05) is 18.8 Å². The van der Waals surface area contributed by atoms with Crippen LogP contribution in [-0.4, -0.2) is 15.0 Å². The Morgan fingerprint density at radius 2 is 1.85 bits per heavy atom. The van der Waals surface area contributed by atoms with Gasteiger partial charge in [0.2, 0.25) is 0 Å². The van der Waals surface area contributed by atoms with E-state index in [1.165, 1.54) is 11.1 Å². The Kier molecular flexibility index (Phi) is 3.50. The number of aromatic nitrogens is 3. The van der Waals surface area contributed by atoms with Gasteiger partial charge in [0.15, 0.2) is 0 Å². The minimum atomic E-state index is 0.704. The van der Waals surface area contributed by atoms with Crippen molar-refractivity contribution in [3.05, 3.63) is 48.5 Å². The van der Waals surface area contributed by atoms with Crippen LogP contribution >= 0.6 is 0 Å². The largest absolute Gasteiger partial charge is 0.342 e. The van der Waals surface area contributed by atoms with E-state index in [0.29, 0.717) is 5.92 Å². The molecule has 0 saturated carbocycles. The Morgan fingerprint density at radius 3 is 2.60 bits per heavy atom. The predicted molar refractivity (Wildman–Crippen MR) is 82.5 cm³/mol. The molecule has 0 aliphatic carbocycles. The number of nitrogens with zero attached hydrogens (tertiary/aromatic N) is 2. The fourth-order valence-corrected chi connectivity index (χ4v) is 2.33. The maximum Gasteiger partial charge on any atom is 0.107 e. The van der Waals surface area contributed by atoms with Crippen LogP contribution in [0, 0.1) is 5.92 Å². The summed E-state index contributed by atoms with van der Waals surface area (Å²) in [5.41, 5.74) is 4.53. The number of aryl methyl sites for hydroxylation is 1. The van der Waals surface area contributed by atoms with Crippen molar-refractivity contribution in [2.24, 2.45) is 5.92 Å². The number of aromatic amines is 1. The Balaban J connectivity index is 1.91. The molecule has 2 aromatic heterocycles. The summed E-state index contributed by atoms with van der Waals surface area (Å²) in [4.78, 5) is 12.1. The van der Waals surface area contributed by atoms with Crippen LogP contribution in [0.2, 0.25) is 0 Å². The lowest BCUT2D eigenvalue weighted by Crippen LogP contribution is -1.93. The van der Waals surface area contributed by atoms with Crippen LogP contribution in [-0.2, 0) is 6.42 Å². The molecule has 0 radical (unpaired) electrons. The average Bonchev–Trinajstić information content (AvgIpc) is 2.88. The number of nitrogens with one attached hydrogen (secondary N) is 1. The number of rotatable bonds is 4. The molecule has 0 fully saturated rings. The zero-order valence-corrected chi connectivity index (χ0v) is 11.9. The monoisotopic (exact) mass is 265 g/mol. The molecule has 20 heavy (non-hydrogen) atoms. The molecule has 0 aliphatic heterocycles. The van der Waals surface area contributed by atoms with E-state index in [9.17, 15) is 0 Å². The second-order valence-corrected chi connectivity index (χ2v) is 5.58. The van der Waals surface area contributed by atoms with Crippen LogP contribution in [0.25, 0.3) is 22.2 Å². The topological polar surface area (TPSA) is 41.6 Å². The number of hydrogen-bond donors (Lipinski definition) is 1. The van der Waals surface area contributed by atoms with Gasteiger partial charge in [-0.05, 0) is 47.7 Å². The van der Waals surface area contributed by atoms with Crippen molar-refractivity contribution in [2.45, 2.75) is 26.7 Å². The van der Waals surface area contributed by atoms with Crippen molar-refractivity contribution in [3.8, 4) is 11.1 Å². The SMILES string of the molecule is CC(C)CCc1nc2ccc(-c3ccncc3)cc2[nH]1. The Hall–Kier alpha value is -2.16. The van der Waals surface area contributed by atoms with Crippen LogP contribution in [0.4, 0.5) is 0 Å². The van der Waals surface area contributed by atoms with E-state index >= 15 is 0 Å². The highest BCUT2D eigenvalue weighted by atomic mass is 14.9. The lowest BCUT2D eigenvalue weighted by atomic mass is 10.1. The molecular weight excluding hydrogens is 246 g/mol. The molecule has 1 N–H and O–H groups in total. The fourth-order valence-electron chi connectivity index (χ4n) is 2.33. The van der Waals surface area contributed by atoms with E-state index in [1.54, 1.807) is 0 Å². The minimum Gasteiger partial charge on any atom is -0.342 e. The molecule has 1 aromatic carbocycles. The maximum atomic E-state index is 4.65. The third-order valence-corrected chi connectivity index (χ3v) is 3.50. The summed E-state index contributed by atoms with van der Waals surface area (Å²) in [5.74, 6) is 1.79. The summed E-state index contributed by atoms with van der Waals surface area (Å²) in [6.45, 7) is 4.48. The summed E-state index contributed by atoms with van der Waals surface area (Å²) >= 11 is 0. The minimum absolute atomic E-state index is 0.704. The Bertz CT molecular complexity index is 699. The van der Waals surface area contributed by atoms with Gasteiger partial charge in [-0.15, -0.1) is 0 Å². The molecule has 0 unspecified atom stereocenters. The lowest BCUT2D eigenvalue weighted by molar-refractivity contribution is 0.577. The first-order chi connectivity index (χ1) is 9.72. The summed E-state index contributed by atoms with van der Waals surface area (Å²) < 4.78 is 0. The van der Waals surface area contributed by atoms with E-state index < -0.39 is 0 Å². The average molecular weight is 265 g/mol. The van der Waals surface area contributed by atoms with Gasteiger partial charge in [0.1, 0.15) is 5.82 Å². The van der Waals surface area contributed by atoms with Crippen LogP contribution in [0.15, 0.2) is 42.7 Å². The molecule has 3 aromatic rings. The third-order valence-electron chi connectivity index (χ3n) is 3.50. The first kappa shape index (κ1) is 12.9. The first-order valence-electron chi connectivity index (χ1n) is 7.11. The smallest absolute Gasteiger partial charge is 0.107 e. The second kappa shape index (κ2) is 5.45. The van der Waals surface area contributed by atoms with Crippen LogP contribution in [0.1, 0.15) is 26.1 Å². The van der Waals surface area contributed by atoms with Crippen molar-refractivity contribution in [1.82, 2.24) is 15.0 Å². The van der Waals surface area contributed by atoms with E-state index in [0.717, 1.165) is 29.7 Å². The number of benzene rings is 1. The van der Waals surface area contributed by atoms with Gasteiger partial charge >= 0.3 is 0 Å². The van der Waals surface area contributed by atoms with Crippen molar-refractivity contribution < 1.29 is 0 Å². The van der Waals surface area contributed by atoms with Crippen molar-refractivity contribution >= 4 is 11.0 Å². The number of imidazole rings is 1. The molecule has 0 spiro atoms. The summed E-state index contributed by atoms with van der Waals surface area (Å²) in [5, 5.41) is 0. The highest BCUT2D eigenvalue weighted by Crippen LogP contribution is 2.23. The van der Waals surface area contributed by atoms with Crippen molar-refractivity contribution in [1.29, 1.82) is 0 Å². The van der Waals surface area contributed by atoms with E-state index in [2.05, 4.69) is 47.0 Å². The molecule has 3 rings (SSSR count). The highest BCUT2D eigenvalue weighted by Gasteiger charge is 2.05. The van der Waals surface area contributed by atoms with Crippen molar-refractivity contribution in [2.75, 3.05) is 0 Å². The molecular formula is C17H19N3. The number of fused-ring (bicyclic) bond motifs is 1. The zero-order chi connectivity index (χ0) is 13.9. The zero-order valence-electron chi connectivity index (χ0n) is 11.9. The number of pyridine rings is 1. The van der Waals surface area contributed by atoms with E-state index in [4.69, 9.17) is 0 Å². The van der Waals surface area contributed by atoms with Gasteiger partial charge in [-0.25, -0.2) is 4.98 Å². The fraction of sp³-hybridized carbons (Fsp3) is 0.294. The maximum absolute atomic E-state index is 4.65. The van der Waals surface area contributed by atoms with Gasteiger partial charge < -0.3 is 4.98 Å². The standard InChI is InChI=1S/C17H19N3/c1-12(2)3-6-17-19-15-5-4-14(11-16(15)20-17)13-7-9-18-10-8-13/h4-5,7-12H,3,6H2,1-2H3,(H,19,20). The molecule has 0 saturated heterocycles. The summed E-state index contributed by atoms with van der Waals surface area (Å²) in [7, 11) is 0. The van der Waals surface area contributed by atoms with E-state index in [-0.39, 0.29) is 0 Å². The molecule has 0 aliphatic rings. The summed E-state index contributed by atoms with van der Waals surface area (Å²) in [6.07, 6.45) is 5.81. The van der Waals surface area contributed by atoms with Crippen molar-refractivity contribution in [3.63, 3.8) is 0 Å². The molecule has 3 heteroatoms. The van der Waals surface area contributed by atoms with Gasteiger partial charge in [-0.3, -0.25) is 4.98 Å².